The summed E-state index contributed by atoms with van der Waals surface area (Å²) >= 11 is 0. The number of nitrogens with zero attached hydrogens (tertiary/aromatic N) is 3. The second kappa shape index (κ2) is 7.91. The lowest BCUT2D eigenvalue weighted by Crippen LogP contribution is -2.48. The highest BCUT2D eigenvalue weighted by molar-refractivity contribution is 5.69. The van der Waals surface area contributed by atoms with Crippen molar-refractivity contribution in [3.63, 3.8) is 0 Å². The molecule has 0 aromatic carbocycles. The van der Waals surface area contributed by atoms with E-state index < -0.39 is 47.5 Å². The van der Waals surface area contributed by atoms with Gasteiger partial charge in [-0.2, -0.15) is 13.5 Å². The molecule has 0 aliphatic heterocycles. The van der Waals surface area contributed by atoms with E-state index in [0.29, 0.717) is 4.68 Å². The lowest BCUT2D eigenvalue weighted by atomic mass is 10.2. The van der Waals surface area contributed by atoms with Crippen molar-refractivity contribution in [3.8, 4) is 0 Å². The van der Waals surface area contributed by atoms with Crippen molar-refractivity contribution in [2.24, 2.45) is 0 Å². The first-order valence-electron chi connectivity index (χ1n) is 8.49. The van der Waals surface area contributed by atoms with Gasteiger partial charge in [-0.05, 0) is 39.8 Å². The summed E-state index contributed by atoms with van der Waals surface area (Å²) in [5.41, 5.74) is -0.690. The van der Waals surface area contributed by atoms with Crippen LogP contribution in [-0.4, -0.2) is 32.3 Å². The molecule has 152 valence electrons. The third-order valence-corrected chi connectivity index (χ3v) is 3.61. The number of halogens is 2. The van der Waals surface area contributed by atoms with Gasteiger partial charge in [-0.15, -0.1) is 0 Å². The number of pyridine rings is 1. The van der Waals surface area contributed by atoms with Gasteiger partial charge in [-0.3, -0.25) is 19.1 Å². The first kappa shape index (κ1) is 21.3. The summed E-state index contributed by atoms with van der Waals surface area (Å²) in [6.45, 7) is 4.98. The number of nitrogens with one attached hydrogen (secondary N) is 1. The summed E-state index contributed by atoms with van der Waals surface area (Å²) < 4.78 is 35.1. The zero-order valence-electron chi connectivity index (χ0n) is 16.0. The predicted molar refractivity (Wildman–Crippen MR) is 97.9 cm³/mol. The number of rotatable bonds is 6. The third-order valence-electron chi connectivity index (χ3n) is 3.61. The van der Waals surface area contributed by atoms with Crippen LogP contribution >= 0.6 is 0 Å². The van der Waals surface area contributed by atoms with Crippen molar-refractivity contribution >= 4 is 5.97 Å². The van der Waals surface area contributed by atoms with Crippen molar-refractivity contribution in [1.82, 2.24) is 14.2 Å². The molecule has 2 rings (SSSR count). The van der Waals surface area contributed by atoms with Crippen molar-refractivity contribution < 1.29 is 18.3 Å². The highest BCUT2D eigenvalue weighted by atomic mass is 19.3. The molecule has 0 saturated heterocycles. The second-order valence-corrected chi connectivity index (χ2v) is 7.17. The molecule has 0 fully saturated rings. The van der Waals surface area contributed by atoms with Crippen molar-refractivity contribution in [2.45, 2.75) is 45.8 Å². The molecule has 0 unspecified atom stereocenters. The number of carbonyl (C=O) groups excluding carboxylic acids is 1. The van der Waals surface area contributed by atoms with Crippen LogP contribution in [0.4, 0.5) is 8.78 Å². The normalized spacial score (nSPS) is 11.9. The fourth-order valence-corrected chi connectivity index (χ4v) is 2.38. The molecule has 0 spiro atoms. The Morgan fingerprint density at radius 1 is 1.25 bits per heavy atom. The van der Waals surface area contributed by atoms with Crippen LogP contribution in [0.1, 0.15) is 32.2 Å². The summed E-state index contributed by atoms with van der Waals surface area (Å²) in [4.78, 5) is 40.3. The van der Waals surface area contributed by atoms with E-state index in [1.54, 1.807) is 20.8 Å². The molecule has 0 atom stereocenters. The smallest absolute Gasteiger partial charge is 0.350 e. The quantitative estimate of drug-likeness (QED) is 0.742. The SMILES string of the molecule is Cc1cc(=O)n(NCC(F)(F)c2ccccn2)c(=O)n1CC(=O)OC(C)(C)C. The van der Waals surface area contributed by atoms with Crippen LogP contribution in [0.5, 0.6) is 0 Å². The fourth-order valence-electron chi connectivity index (χ4n) is 2.38. The Balaban J connectivity index is 2.27. The van der Waals surface area contributed by atoms with Gasteiger partial charge in [0, 0.05) is 18.0 Å². The van der Waals surface area contributed by atoms with E-state index in [1.807, 2.05) is 0 Å². The van der Waals surface area contributed by atoms with E-state index >= 15 is 0 Å². The monoisotopic (exact) mass is 396 g/mol. The first-order valence-corrected chi connectivity index (χ1v) is 8.49. The number of hydrogen-bond acceptors (Lipinski definition) is 6. The lowest BCUT2D eigenvalue weighted by molar-refractivity contribution is -0.155. The Bertz CT molecular complexity index is 962. The van der Waals surface area contributed by atoms with Crippen molar-refractivity contribution in [3.05, 3.63) is 62.7 Å². The summed E-state index contributed by atoms with van der Waals surface area (Å²) in [6.07, 6.45) is 1.22. The van der Waals surface area contributed by atoms with Crippen LogP contribution in [0.2, 0.25) is 0 Å². The average molecular weight is 396 g/mol. The first-order chi connectivity index (χ1) is 12.9. The van der Waals surface area contributed by atoms with Crippen LogP contribution in [0.25, 0.3) is 0 Å². The molecule has 0 saturated carbocycles. The minimum Gasteiger partial charge on any atom is -0.459 e. The highest BCUT2D eigenvalue weighted by Gasteiger charge is 2.33. The van der Waals surface area contributed by atoms with E-state index in [1.165, 1.54) is 25.3 Å². The molecule has 28 heavy (non-hydrogen) atoms. The van der Waals surface area contributed by atoms with Gasteiger partial charge in [0.05, 0.1) is 0 Å². The van der Waals surface area contributed by atoms with Crippen LogP contribution in [0.15, 0.2) is 40.1 Å². The molecule has 0 amide bonds. The van der Waals surface area contributed by atoms with Gasteiger partial charge in [0.25, 0.3) is 5.56 Å². The number of esters is 1. The van der Waals surface area contributed by atoms with Gasteiger partial charge < -0.3 is 10.2 Å². The summed E-state index contributed by atoms with van der Waals surface area (Å²) in [5, 5.41) is 0. The number of ether oxygens (including phenoxy) is 1. The zero-order valence-corrected chi connectivity index (χ0v) is 16.0. The average Bonchev–Trinajstić information content (AvgIpc) is 2.57. The predicted octanol–water partition coefficient (Wildman–Crippen LogP) is 1.39. The van der Waals surface area contributed by atoms with Crippen LogP contribution < -0.4 is 16.7 Å². The number of carbonyl (C=O) groups is 1. The van der Waals surface area contributed by atoms with E-state index in [0.717, 1.165) is 16.7 Å². The molecule has 0 radical (unpaired) electrons. The fraction of sp³-hybridized carbons (Fsp3) is 0.444. The molecular weight excluding hydrogens is 374 g/mol. The van der Waals surface area contributed by atoms with Gasteiger partial charge in [-0.25, -0.2) is 4.79 Å². The van der Waals surface area contributed by atoms with Gasteiger partial charge in [0.15, 0.2) is 0 Å². The number of alkyl halides is 2. The molecule has 2 aromatic rings. The largest absolute Gasteiger partial charge is 0.459 e. The molecule has 0 aliphatic rings. The van der Waals surface area contributed by atoms with Crippen LogP contribution in [0, 0.1) is 6.92 Å². The summed E-state index contributed by atoms with van der Waals surface area (Å²) in [5.74, 6) is -4.12. The molecule has 2 aromatic heterocycles. The minimum atomic E-state index is -3.42. The van der Waals surface area contributed by atoms with E-state index in [2.05, 4.69) is 10.4 Å². The third kappa shape index (κ3) is 5.24. The standard InChI is InChI=1S/C18H22F2N4O4/c1-12-9-14(25)24(16(27)23(12)10-15(26)28-17(2,3)4)22-11-18(19,20)13-7-5-6-8-21-13/h5-9,22H,10-11H2,1-4H3. The number of aromatic nitrogens is 3. The van der Waals surface area contributed by atoms with Gasteiger partial charge in [0.2, 0.25) is 0 Å². The van der Waals surface area contributed by atoms with Gasteiger partial charge >= 0.3 is 17.6 Å². The maximum atomic E-state index is 14.3. The number of hydrogen-bond donors (Lipinski definition) is 1. The maximum absolute atomic E-state index is 14.3. The van der Waals surface area contributed by atoms with E-state index in [-0.39, 0.29) is 5.69 Å². The topological polar surface area (TPSA) is 95.2 Å². The van der Waals surface area contributed by atoms with Crippen molar-refractivity contribution in [2.75, 3.05) is 12.0 Å². The second-order valence-electron chi connectivity index (χ2n) is 7.17. The highest BCUT2D eigenvalue weighted by Crippen LogP contribution is 2.24. The Morgan fingerprint density at radius 2 is 1.93 bits per heavy atom. The minimum absolute atomic E-state index is 0.204. The summed E-state index contributed by atoms with van der Waals surface area (Å²) in [6, 6.07) is 5.10. The van der Waals surface area contributed by atoms with Crippen LogP contribution in [0.3, 0.4) is 0 Å². The maximum Gasteiger partial charge on any atom is 0.350 e. The Kier molecular flexibility index (Phi) is 6.01. The van der Waals surface area contributed by atoms with Crippen molar-refractivity contribution in [1.29, 1.82) is 0 Å². The lowest BCUT2D eigenvalue weighted by Gasteiger charge is -2.21. The molecular formula is C18H22F2N4O4. The Morgan fingerprint density at radius 3 is 2.50 bits per heavy atom. The molecule has 10 heteroatoms. The molecule has 8 nitrogen and oxygen atoms in total. The Hall–Kier alpha value is -3.04. The Labute approximate surface area is 159 Å². The van der Waals surface area contributed by atoms with Crippen LogP contribution in [-0.2, 0) is 22.0 Å². The van der Waals surface area contributed by atoms with E-state index in [9.17, 15) is 23.2 Å². The number of aryl methyl sites for hydroxylation is 1. The van der Waals surface area contributed by atoms with Gasteiger partial charge in [0.1, 0.15) is 24.4 Å². The zero-order chi connectivity index (χ0) is 21.1. The van der Waals surface area contributed by atoms with Gasteiger partial charge in [-0.1, -0.05) is 6.07 Å². The molecule has 0 aliphatic carbocycles. The summed E-state index contributed by atoms with van der Waals surface area (Å²) in [7, 11) is 0. The molecule has 0 bridgehead atoms. The molecule has 1 N–H and O–H groups in total. The van der Waals surface area contributed by atoms with E-state index in [4.69, 9.17) is 4.74 Å². The molecule has 2 heterocycles.